The van der Waals surface area contributed by atoms with E-state index in [2.05, 4.69) is 4.99 Å². The van der Waals surface area contributed by atoms with Crippen LogP contribution in [0.5, 0.6) is 5.75 Å². The summed E-state index contributed by atoms with van der Waals surface area (Å²) in [5, 5.41) is 0. The highest BCUT2D eigenvalue weighted by atomic mass is 19.1. The van der Waals surface area contributed by atoms with Crippen molar-refractivity contribution >= 4 is 17.2 Å². The lowest BCUT2D eigenvalue weighted by molar-refractivity contribution is 0.112. The molecule has 1 atom stereocenters. The van der Waals surface area contributed by atoms with Crippen LogP contribution in [0.2, 0.25) is 0 Å². The summed E-state index contributed by atoms with van der Waals surface area (Å²) < 4.78 is 24.2. The molecule has 2 aromatic carbocycles. The van der Waals surface area contributed by atoms with E-state index in [0.29, 0.717) is 11.4 Å². The van der Waals surface area contributed by atoms with Crippen LogP contribution < -0.4 is 4.74 Å². The maximum absolute atomic E-state index is 13.9. The van der Waals surface area contributed by atoms with Crippen molar-refractivity contribution < 1.29 is 13.9 Å². The van der Waals surface area contributed by atoms with E-state index in [9.17, 15) is 4.39 Å². The van der Waals surface area contributed by atoms with Gasteiger partial charge >= 0.3 is 0 Å². The predicted molar refractivity (Wildman–Crippen MR) is 80.5 cm³/mol. The second-order valence-corrected chi connectivity index (χ2v) is 4.54. The Morgan fingerprint density at radius 2 is 1.76 bits per heavy atom. The second-order valence-electron chi connectivity index (χ2n) is 4.54. The standard InChI is InChI=1S/C17H14FNO2/c1-20-14-9-7-13(8-10-14)19-15-11-16(21-17(15)18)12-5-3-2-4-6-12/h2-11,17H,1H3. The molecule has 1 unspecified atom stereocenters. The smallest absolute Gasteiger partial charge is 0.280 e. The van der Waals surface area contributed by atoms with Crippen molar-refractivity contribution in [1.29, 1.82) is 0 Å². The lowest BCUT2D eigenvalue weighted by atomic mass is 10.2. The van der Waals surface area contributed by atoms with Crippen molar-refractivity contribution in [2.45, 2.75) is 6.36 Å². The number of ether oxygens (including phenoxy) is 2. The summed E-state index contributed by atoms with van der Waals surface area (Å²) in [4.78, 5) is 4.27. The number of hydrogen-bond acceptors (Lipinski definition) is 3. The van der Waals surface area contributed by atoms with Gasteiger partial charge in [0.25, 0.3) is 6.36 Å². The third kappa shape index (κ3) is 2.94. The first-order valence-electron chi connectivity index (χ1n) is 6.57. The fraction of sp³-hybridized carbons (Fsp3) is 0.118. The Balaban J connectivity index is 1.87. The van der Waals surface area contributed by atoms with E-state index in [1.54, 1.807) is 37.5 Å². The van der Waals surface area contributed by atoms with Crippen molar-refractivity contribution in [3.05, 3.63) is 66.2 Å². The molecule has 1 aliphatic heterocycles. The molecule has 0 saturated carbocycles. The fourth-order valence-electron chi connectivity index (χ4n) is 2.05. The lowest BCUT2D eigenvalue weighted by Gasteiger charge is -2.05. The molecule has 0 fully saturated rings. The number of benzene rings is 2. The molecule has 4 heteroatoms. The molecule has 0 bridgehead atoms. The first-order chi connectivity index (χ1) is 10.3. The van der Waals surface area contributed by atoms with Crippen molar-refractivity contribution in [3.8, 4) is 5.75 Å². The molecule has 21 heavy (non-hydrogen) atoms. The molecule has 0 amide bonds. The van der Waals surface area contributed by atoms with Gasteiger partial charge in [0.1, 0.15) is 17.2 Å². The summed E-state index contributed by atoms with van der Waals surface area (Å²) in [5.41, 5.74) is 1.75. The van der Waals surface area contributed by atoms with Crippen LogP contribution in [-0.2, 0) is 4.74 Å². The number of methoxy groups -OCH3 is 1. The van der Waals surface area contributed by atoms with Gasteiger partial charge in [0, 0.05) is 11.6 Å². The third-order valence-corrected chi connectivity index (χ3v) is 3.13. The van der Waals surface area contributed by atoms with E-state index >= 15 is 0 Å². The minimum atomic E-state index is -1.54. The molecule has 3 nitrogen and oxygen atoms in total. The van der Waals surface area contributed by atoms with E-state index < -0.39 is 6.36 Å². The Kier molecular flexibility index (Phi) is 3.69. The number of hydrogen-bond donors (Lipinski definition) is 0. The van der Waals surface area contributed by atoms with Crippen molar-refractivity contribution in [3.63, 3.8) is 0 Å². The molecule has 0 aromatic heterocycles. The molecular formula is C17H14FNO2. The fourth-order valence-corrected chi connectivity index (χ4v) is 2.05. The van der Waals surface area contributed by atoms with Crippen LogP contribution in [0.25, 0.3) is 5.76 Å². The van der Waals surface area contributed by atoms with Gasteiger partial charge in [0.15, 0.2) is 0 Å². The summed E-state index contributed by atoms with van der Waals surface area (Å²) in [6.07, 6.45) is 0.0897. The number of nitrogens with zero attached hydrogens (tertiary/aromatic N) is 1. The molecule has 0 radical (unpaired) electrons. The highest BCUT2D eigenvalue weighted by Gasteiger charge is 2.25. The van der Waals surface area contributed by atoms with Crippen LogP contribution >= 0.6 is 0 Å². The molecule has 3 rings (SSSR count). The van der Waals surface area contributed by atoms with Gasteiger partial charge in [-0.15, -0.1) is 0 Å². The van der Waals surface area contributed by atoms with Gasteiger partial charge < -0.3 is 9.47 Å². The van der Waals surface area contributed by atoms with Gasteiger partial charge in [-0.2, -0.15) is 4.39 Å². The molecule has 1 heterocycles. The molecule has 2 aromatic rings. The van der Waals surface area contributed by atoms with Gasteiger partial charge in [-0.05, 0) is 24.3 Å². The second kappa shape index (κ2) is 5.79. The SMILES string of the molecule is COc1ccc(N=C2C=C(c3ccccc3)OC2F)cc1. The molecule has 0 saturated heterocycles. The van der Waals surface area contributed by atoms with Crippen molar-refractivity contribution in [1.82, 2.24) is 0 Å². The van der Waals surface area contributed by atoms with Gasteiger partial charge in [0.05, 0.1) is 12.8 Å². The topological polar surface area (TPSA) is 30.8 Å². The molecular weight excluding hydrogens is 269 g/mol. The highest BCUT2D eigenvalue weighted by Crippen LogP contribution is 2.27. The Morgan fingerprint density at radius 3 is 2.43 bits per heavy atom. The van der Waals surface area contributed by atoms with Crippen molar-refractivity contribution in [2.24, 2.45) is 4.99 Å². The average molecular weight is 283 g/mol. The van der Waals surface area contributed by atoms with Gasteiger partial charge in [0.2, 0.25) is 0 Å². The number of aliphatic imine (C=N–C) groups is 1. The van der Waals surface area contributed by atoms with E-state index in [4.69, 9.17) is 9.47 Å². The molecule has 1 aliphatic rings. The zero-order chi connectivity index (χ0) is 14.7. The Labute approximate surface area is 122 Å². The molecule has 0 aliphatic carbocycles. The first-order valence-corrected chi connectivity index (χ1v) is 6.57. The quantitative estimate of drug-likeness (QED) is 0.847. The Bertz CT molecular complexity index is 678. The third-order valence-electron chi connectivity index (χ3n) is 3.13. The first kappa shape index (κ1) is 13.4. The average Bonchev–Trinajstić information content (AvgIpc) is 2.90. The lowest BCUT2D eigenvalue weighted by Crippen LogP contribution is -2.08. The molecule has 0 spiro atoms. The van der Waals surface area contributed by atoms with Crippen LogP contribution in [0.15, 0.2) is 65.7 Å². The molecule has 0 N–H and O–H groups in total. The summed E-state index contributed by atoms with van der Waals surface area (Å²) in [5.74, 6) is 1.23. The summed E-state index contributed by atoms with van der Waals surface area (Å²) in [6, 6.07) is 16.5. The summed E-state index contributed by atoms with van der Waals surface area (Å²) in [6.45, 7) is 0. The minimum absolute atomic E-state index is 0.263. The van der Waals surface area contributed by atoms with Crippen molar-refractivity contribution in [2.75, 3.05) is 7.11 Å². The van der Waals surface area contributed by atoms with E-state index in [1.165, 1.54) is 0 Å². The Morgan fingerprint density at radius 1 is 1.05 bits per heavy atom. The summed E-state index contributed by atoms with van der Waals surface area (Å²) in [7, 11) is 1.60. The predicted octanol–water partition coefficient (Wildman–Crippen LogP) is 4.13. The zero-order valence-electron chi connectivity index (χ0n) is 11.5. The van der Waals surface area contributed by atoms with Crippen LogP contribution in [0.1, 0.15) is 5.56 Å². The maximum Gasteiger partial charge on any atom is 0.280 e. The van der Waals surface area contributed by atoms with E-state index in [-0.39, 0.29) is 5.71 Å². The van der Waals surface area contributed by atoms with Gasteiger partial charge in [-0.3, -0.25) is 0 Å². The monoisotopic (exact) mass is 283 g/mol. The largest absolute Gasteiger partial charge is 0.497 e. The number of halogens is 1. The number of rotatable bonds is 3. The Hall–Kier alpha value is -2.62. The highest BCUT2D eigenvalue weighted by molar-refractivity contribution is 6.06. The van der Waals surface area contributed by atoms with Crippen LogP contribution in [0.3, 0.4) is 0 Å². The maximum atomic E-state index is 13.9. The van der Waals surface area contributed by atoms with Gasteiger partial charge in [-0.25, -0.2) is 4.99 Å². The van der Waals surface area contributed by atoms with E-state index in [1.807, 2.05) is 30.3 Å². The van der Waals surface area contributed by atoms with E-state index in [0.717, 1.165) is 11.3 Å². The van der Waals surface area contributed by atoms with Crippen LogP contribution in [0.4, 0.5) is 10.1 Å². The zero-order valence-corrected chi connectivity index (χ0v) is 11.5. The molecule has 106 valence electrons. The van der Waals surface area contributed by atoms with Crippen LogP contribution in [0, 0.1) is 0 Å². The van der Waals surface area contributed by atoms with Crippen LogP contribution in [-0.4, -0.2) is 19.2 Å². The normalized spacial score (nSPS) is 19.2. The van der Waals surface area contributed by atoms with Gasteiger partial charge in [-0.1, -0.05) is 30.3 Å². The minimum Gasteiger partial charge on any atom is -0.497 e. The summed E-state index contributed by atoms with van der Waals surface area (Å²) >= 11 is 0. The number of alkyl halides is 1.